The number of ether oxygens (including phenoxy) is 1. The molecule has 0 radical (unpaired) electrons. The number of unbranched alkanes of at least 4 members (excludes halogenated alkanes) is 1. The quantitative estimate of drug-likeness (QED) is 0.715. The van der Waals surface area contributed by atoms with Crippen molar-refractivity contribution in [3.05, 3.63) is 28.7 Å². The summed E-state index contributed by atoms with van der Waals surface area (Å²) < 4.78 is 6.81. The third kappa shape index (κ3) is 4.96. The molecule has 0 aromatic heterocycles. The summed E-state index contributed by atoms with van der Waals surface area (Å²) >= 11 is 3.45. The highest BCUT2D eigenvalue weighted by Gasteiger charge is 2.14. The normalized spacial score (nSPS) is 16.7. The molecule has 0 bridgehead atoms. The topological polar surface area (TPSA) is 30.3 Å². The summed E-state index contributed by atoms with van der Waals surface area (Å²) in [6.07, 6.45) is 2.42. The highest BCUT2D eigenvalue weighted by atomic mass is 79.9. The van der Waals surface area contributed by atoms with E-state index in [9.17, 15) is 0 Å². The van der Waals surface area contributed by atoms with E-state index in [2.05, 4.69) is 21.2 Å². The summed E-state index contributed by atoms with van der Waals surface area (Å²) in [4.78, 5) is 1.76. The van der Waals surface area contributed by atoms with Gasteiger partial charge in [0.15, 0.2) is 0 Å². The molecule has 1 saturated heterocycles. The Labute approximate surface area is 118 Å². The van der Waals surface area contributed by atoms with Crippen LogP contribution < -0.4 is 15.0 Å². The van der Waals surface area contributed by atoms with Crippen LogP contribution in [0.1, 0.15) is 12.8 Å². The molecule has 1 aromatic rings. The fourth-order valence-electron chi connectivity index (χ4n) is 2.36. The summed E-state index contributed by atoms with van der Waals surface area (Å²) in [5.74, 6) is 0.962. The highest BCUT2D eigenvalue weighted by Crippen LogP contribution is 2.17. The highest BCUT2D eigenvalue weighted by molar-refractivity contribution is 9.10. The van der Waals surface area contributed by atoms with E-state index in [-0.39, 0.29) is 0 Å². The molecule has 0 aliphatic carbocycles. The molecule has 0 unspecified atom stereocenters. The Morgan fingerprint density at radius 1 is 1.22 bits per heavy atom. The van der Waals surface area contributed by atoms with Gasteiger partial charge in [-0.1, -0.05) is 22.0 Å². The van der Waals surface area contributed by atoms with Crippen LogP contribution in [0.25, 0.3) is 0 Å². The molecule has 1 heterocycles. The Balaban J connectivity index is 1.55. The van der Waals surface area contributed by atoms with Crippen LogP contribution in [0.2, 0.25) is 0 Å². The Kier molecular flexibility index (Phi) is 5.97. The number of quaternary nitrogens is 2. The van der Waals surface area contributed by atoms with E-state index >= 15 is 0 Å². The smallest absolute Gasteiger partial charge is 0.127 e. The van der Waals surface area contributed by atoms with Crippen LogP contribution in [0.3, 0.4) is 0 Å². The summed E-state index contributed by atoms with van der Waals surface area (Å²) in [7, 11) is 0. The third-order valence-electron chi connectivity index (χ3n) is 3.39. The standard InChI is InChI=1S/C14H21BrN2O/c15-13-4-3-5-14(12-13)18-11-2-1-8-17-9-6-16-7-10-17/h3-5,12,16H,1-2,6-11H2/p+2. The average Bonchev–Trinajstić information content (AvgIpc) is 2.40. The number of hydrogen-bond donors (Lipinski definition) is 2. The van der Waals surface area contributed by atoms with Gasteiger partial charge in [0.2, 0.25) is 0 Å². The average molecular weight is 315 g/mol. The summed E-state index contributed by atoms with van der Waals surface area (Å²) in [5.41, 5.74) is 0. The lowest BCUT2D eigenvalue weighted by Gasteiger charge is -2.21. The lowest BCUT2D eigenvalue weighted by atomic mass is 10.2. The molecule has 3 nitrogen and oxygen atoms in total. The first-order valence-corrected chi connectivity index (χ1v) is 7.67. The molecule has 1 aliphatic heterocycles. The molecular weight excluding hydrogens is 292 g/mol. The van der Waals surface area contributed by atoms with E-state index in [1.165, 1.54) is 39.1 Å². The van der Waals surface area contributed by atoms with Gasteiger partial charge in [0, 0.05) is 4.47 Å². The first-order chi connectivity index (χ1) is 8.84. The molecular formula is C14H23BrN2O+2. The number of hydrogen-bond acceptors (Lipinski definition) is 1. The third-order valence-corrected chi connectivity index (χ3v) is 3.89. The van der Waals surface area contributed by atoms with Crippen molar-refractivity contribution in [1.29, 1.82) is 0 Å². The van der Waals surface area contributed by atoms with Crippen LogP contribution >= 0.6 is 15.9 Å². The van der Waals surface area contributed by atoms with E-state index in [4.69, 9.17) is 4.74 Å². The van der Waals surface area contributed by atoms with Gasteiger partial charge in [0.25, 0.3) is 0 Å². The second-order valence-corrected chi connectivity index (χ2v) is 5.79. The van der Waals surface area contributed by atoms with Gasteiger partial charge in [-0.25, -0.2) is 0 Å². The van der Waals surface area contributed by atoms with Crippen molar-refractivity contribution in [1.82, 2.24) is 0 Å². The molecule has 100 valence electrons. The molecule has 2 rings (SSSR count). The predicted octanol–water partition coefficient (Wildman–Crippen LogP) is 0.0700. The minimum Gasteiger partial charge on any atom is -0.494 e. The number of nitrogens with one attached hydrogen (secondary N) is 1. The largest absolute Gasteiger partial charge is 0.494 e. The van der Waals surface area contributed by atoms with Crippen molar-refractivity contribution in [2.24, 2.45) is 0 Å². The molecule has 0 atom stereocenters. The summed E-state index contributed by atoms with van der Waals surface area (Å²) in [6.45, 7) is 7.37. The zero-order valence-corrected chi connectivity index (χ0v) is 12.4. The van der Waals surface area contributed by atoms with Gasteiger partial charge in [-0.05, 0) is 31.0 Å². The molecule has 0 saturated carbocycles. The van der Waals surface area contributed by atoms with Crippen LogP contribution in [0, 0.1) is 0 Å². The van der Waals surface area contributed by atoms with Crippen LogP contribution in [0.15, 0.2) is 28.7 Å². The van der Waals surface area contributed by atoms with Crippen molar-refractivity contribution < 1.29 is 15.0 Å². The number of piperazine rings is 1. The van der Waals surface area contributed by atoms with E-state index in [1.807, 2.05) is 24.3 Å². The number of nitrogens with two attached hydrogens (primary N) is 1. The molecule has 18 heavy (non-hydrogen) atoms. The van der Waals surface area contributed by atoms with E-state index in [1.54, 1.807) is 4.90 Å². The van der Waals surface area contributed by atoms with Gasteiger partial charge < -0.3 is 15.0 Å². The molecule has 0 spiro atoms. The molecule has 1 aliphatic rings. The lowest BCUT2D eigenvalue weighted by molar-refractivity contribution is -0.946. The molecule has 4 heteroatoms. The van der Waals surface area contributed by atoms with Gasteiger partial charge in [-0.2, -0.15) is 0 Å². The van der Waals surface area contributed by atoms with Crippen LogP contribution in [0.5, 0.6) is 5.75 Å². The fraction of sp³-hybridized carbons (Fsp3) is 0.571. The molecule has 1 aromatic carbocycles. The SMILES string of the molecule is Brc1cccc(OCCCC[NH+]2CC[NH2+]CC2)c1. The maximum absolute atomic E-state index is 5.73. The van der Waals surface area contributed by atoms with Crippen molar-refractivity contribution in [2.45, 2.75) is 12.8 Å². The number of benzene rings is 1. The van der Waals surface area contributed by atoms with Gasteiger partial charge >= 0.3 is 0 Å². The van der Waals surface area contributed by atoms with Crippen LogP contribution in [-0.4, -0.2) is 39.3 Å². The van der Waals surface area contributed by atoms with Gasteiger partial charge in [0.05, 0.1) is 13.2 Å². The number of halogens is 1. The molecule has 0 amide bonds. The van der Waals surface area contributed by atoms with Crippen molar-refractivity contribution in [3.63, 3.8) is 0 Å². The molecule has 3 N–H and O–H groups in total. The Morgan fingerprint density at radius 3 is 2.83 bits per heavy atom. The first kappa shape index (κ1) is 13.8. The monoisotopic (exact) mass is 314 g/mol. The van der Waals surface area contributed by atoms with E-state index in [0.717, 1.165) is 23.2 Å². The second-order valence-electron chi connectivity index (χ2n) is 4.88. The van der Waals surface area contributed by atoms with Gasteiger partial charge in [-0.3, -0.25) is 0 Å². The maximum Gasteiger partial charge on any atom is 0.127 e. The van der Waals surface area contributed by atoms with Crippen LogP contribution in [0.4, 0.5) is 0 Å². The Hall–Kier alpha value is -0.580. The van der Waals surface area contributed by atoms with Crippen molar-refractivity contribution >= 4 is 15.9 Å². The Morgan fingerprint density at radius 2 is 2.06 bits per heavy atom. The minimum absolute atomic E-state index is 0.829. The van der Waals surface area contributed by atoms with E-state index in [0.29, 0.717) is 0 Å². The zero-order chi connectivity index (χ0) is 12.6. The summed E-state index contributed by atoms with van der Waals surface area (Å²) in [5, 5.41) is 2.42. The van der Waals surface area contributed by atoms with Crippen LogP contribution in [-0.2, 0) is 0 Å². The van der Waals surface area contributed by atoms with Gasteiger partial charge in [0.1, 0.15) is 31.9 Å². The summed E-state index contributed by atoms with van der Waals surface area (Å²) in [6, 6.07) is 8.06. The fourth-order valence-corrected chi connectivity index (χ4v) is 2.73. The predicted molar refractivity (Wildman–Crippen MR) is 76.1 cm³/mol. The zero-order valence-electron chi connectivity index (χ0n) is 10.8. The maximum atomic E-state index is 5.73. The lowest BCUT2D eigenvalue weighted by Crippen LogP contribution is -3.20. The Bertz CT molecular complexity index is 353. The van der Waals surface area contributed by atoms with Crippen molar-refractivity contribution in [2.75, 3.05) is 39.3 Å². The first-order valence-electron chi connectivity index (χ1n) is 6.88. The molecule has 1 fully saturated rings. The number of rotatable bonds is 6. The second kappa shape index (κ2) is 7.77. The minimum atomic E-state index is 0.829. The van der Waals surface area contributed by atoms with Gasteiger partial charge in [-0.15, -0.1) is 0 Å². The van der Waals surface area contributed by atoms with E-state index < -0.39 is 0 Å². The van der Waals surface area contributed by atoms with Crippen molar-refractivity contribution in [3.8, 4) is 5.75 Å².